The monoisotopic (exact) mass is 261 g/mol. The van der Waals surface area contributed by atoms with E-state index in [2.05, 4.69) is 16.2 Å². The van der Waals surface area contributed by atoms with Crippen molar-refractivity contribution in [2.75, 3.05) is 5.73 Å². The van der Waals surface area contributed by atoms with Crippen molar-refractivity contribution in [3.8, 4) is 23.0 Å². The Balaban J connectivity index is 2.02. The van der Waals surface area contributed by atoms with Crippen LogP contribution in [0.5, 0.6) is 0 Å². The third-order valence-corrected chi connectivity index (χ3v) is 2.96. The van der Waals surface area contributed by atoms with Gasteiger partial charge in [0.2, 0.25) is 0 Å². The van der Waals surface area contributed by atoms with Crippen molar-refractivity contribution in [3.63, 3.8) is 0 Å². The first kappa shape index (κ1) is 11.9. The van der Waals surface area contributed by atoms with Crippen LogP contribution in [-0.4, -0.2) is 14.8 Å². The van der Waals surface area contributed by atoms with E-state index in [1.807, 2.05) is 30.5 Å². The molecule has 0 unspecified atom stereocenters. The predicted octanol–water partition coefficient (Wildman–Crippen LogP) is 2.39. The third kappa shape index (κ3) is 2.10. The minimum absolute atomic E-state index is 0.547. The minimum Gasteiger partial charge on any atom is -0.398 e. The molecule has 0 fully saturated rings. The maximum atomic E-state index is 8.90. The Morgan fingerprint density at radius 3 is 2.85 bits per heavy atom. The van der Waals surface area contributed by atoms with Crippen molar-refractivity contribution in [3.05, 3.63) is 60.6 Å². The first-order valence-electron chi connectivity index (χ1n) is 6.04. The molecule has 0 aliphatic heterocycles. The lowest BCUT2D eigenvalue weighted by molar-refractivity contribution is 0.846. The average Bonchev–Trinajstić information content (AvgIpc) is 2.97. The molecule has 0 amide bonds. The number of benzene rings is 1. The highest BCUT2D eigenvalue weighted by Gasteiger charge is 2.07. The standard InChI is InChI=1S/C15H11N5/c16-8-11-5-6-18-15(7-11)20-10-12(9-19-20)13-3-1-2-4-14(13)17/h1-7,9-10H,17H2. The van der Waals surface area contributed by atoms with Gasteiger partial charge in [0.1, 0.15) is 0 Å². The fourth-order valence-electron chi connectivity index (χ4n) is 1.96. The number of nitrogen functional groups attached to an aromatic ring is 1. The number of para-hydroxylation sites is 1. The van der Waals surface area contributed by atoms with Crippen molar-refractivity contribution < 1.29 is 0 Å². The van der Waals surface area contributed by atoms with Crippen LogP contribution in [0.1, 0.15) is 5.56 Å². The van der Waals surface area contributed by atoms with Crippen LogP contribution in [0.3, 0.4) is 0 Å². The predicted molar refractivity (Wildman–Crippen MR) is 75.9 cm³/mol. The van der Waals surface area contributed by atoms with Crippen molar-refractivity contribution in [2.45, 2.75) is 0 Å². The minimum atomic E-state index is 0.547. The highest BCUT2D eigenvalue weighted by Crippen LogP contribution is 2.25. The summed E-state index contributed by atoms with van der Waals surface area (Å²) in [5, 5.41) is 13.2. The van der Waals surface area contributed by atoms with Crippen molar-refractivity contribution >= 4 is 5.69 Å². The van der Waals surface area contributed by atoms with Gasteiger partial charge in [-0.3, -0.25) is 0 Å². The van der Waals surface area contributed by atoms with E-state index in [4.69, 9.17) is 11.0 Å². The lowest BCUT2D eigenvalue weighted by Crippen LogP contribution is -1.97. The maximum absolute atomic E-state index is 8.90. The van der Waals surface area contributed by atoms with Crippen LogP contribution in [0.25, 0.3) is 16.9 Å². The van der Waals surface area contributed by atoms with Gasteiger partial charge in [-0.1, -0.05) is 18.2 Å². The normalized spacial score (nSPS) is 10.2. The summed E-state index contributed by atoms with van der Waals surface area (Å²) >= 11 is 0. The van der Waals surface area contributed by atoms with Gasteiger partial charge in [0.05, 0.1) is 17.8 Å². The van der Waals surface area contributed by atoms with Crippen LogP contribution < -0.4 is 5.73 Å². The second kappa shape index (κ2) is 4.86. The third-order valence-electron chi connectivity index (χ3n) is 2.96. The fourth-order valence-corrected chi connectivity index (χ4v) is 1.96. The smallest absolute Gasteiger partial charge is 0.154 e. The first-order chi connectivity index (χ1) is 9.78. The second-order valence-corrected chi connectivity index (χ2v) is 4.28. The number of anilines is 1. The molecule has 3 rings (SSSR count). The van der Waals surface area contributed by atoms with E-state index in [1.54, 1.807) is 29.2 Å². The van der Waals surface area contributed by atoms with E-state index >= 15 is 0 Å². The zero-order valence-corrected chi connectivity index (χ0v) is 10.6. The Morgan fingerprint density at radius 1 is 1.20 bits per heavy atom. The number of aromatic nitrogens is 3. The number of hydrogen-bond acceptors (Lipinski definition) is 4. The average molecular weight is 261 g/mol. The van der Waals surface area contributed by atoms with Gasteiger partial charge in [0, 0.05) is 35.3 Å². The molecule has 3 aromatic rings. The van der Waals surface area contributed by atoms with E-state index in [-0.39, 0.29) is 0 Å². The van der Waals surface area contributed by atoms with Gasteiger partial charge in [-0.15, -0.1) is 0 Å². The summed E-state index contributed by atoms with van der Waals surface area (Å²) in [6.45, 7) is 0. The van der Waals surface area contributed by atoms with E-state index in [0.29, 0.717) is 17.1 Å². The summed E-state index contributed by atoms with van der Waals surface area (Å²) in [5.74, 6) is 0.602. The maximum Gasteiger partial charge on any atom is 0.154 e. The summed E-state index contributed by atoms with van der Waals surface area (Å²) in [7, 11) is 0. The summed E-state index contributed by atoms with van der Waals surface area (Å²) in [6.07, 6.45) is 5.16. The molecular formula is C15H11N5. The van der Waals surface area contributed by atoms with Crippen LogP contribution in [0.2, 0.25) is 0 Å². The van der Waals surface area contributed by atoms with Crippen molar-refractivity contribution in [1.29, 1.82) is 5.26 Å². The zero-order valence-electron chi connectivity index (χ0n) is 10.6. The van der Waals surface area contributed by atoms with Gasteiger partial charge in [-0.05, 0) is 12.1 Å². The van der Waals surface area contributed by atoms with Crippen LogP contribution in [-0.2, 0) is 0 Å². The van der Waals surface area contributed by atoms with Gasteiger partial charge in [-0.25, -0.2) is 9.67 Å². The Kier molecular flexibility index (Phi) is 2.90. The second-order valence-electron chi connectivity index (χ2n) is 4.28. The van der Waals surface area contributed by atoms with Crippen molar-refractivity contribution in [1.82, 2.24) is 14.8 Å². The SMILES string of the molecule is N#Cc1ccnc(-n2cc(-c3ccccc3N)cn2)c1. The van der Waals surface area contributed by atoms with Gasteiger partial charge < -0.3 is 5.73 Å². The highest BCUT2D eigenvalue weighted by molar-refractivity contribution is 5.75. The molecule has 0 aliphatic carbocycles. The molecule has 0 radical (unpaired) electrons. The molecule has 2 aromatic heterocycles. The van der Waals surface area contributed by atoms with Crippen LogP contribution >= 0.6 is 0 Å². The molecule has 0 aliphatic rings. The molecule has 2 heterocycles. The number of rotatable bonds is 2. The Hall–Kier alpha value is -3.13. The Labute approximate surface area is 115 Å². The summed E-state index contributed by atoms with van der Waals surface area (Å²) in [6, 6.07) is 13.0. The number of hydrogen-bond donors (Lipinski definition) is 1. The molecule has 0 saturated heterocycles. The molecule has 1 aromatic carbocycles. The van der Waals surface area contributed by atoms with Crippen LogP contribution in [0.15, 0.2) is 55.0 Å². The molecule has 0 bridgehead atoms. The lowest BCUT2D eigenvalue weighted by Gasteiger charge is -2.02. The zero-order chi connectivity index (χ0) is 13.9. The number of nitrogens with zero attached hydrogens (tertiary/aromatic N) is 4. The first-order valence-corrected chi connectivity index (χ1v) is 6.04. The van der Waals surface area contributed by atoms with Crippen LogP contribution in [0, 0.1) is 11.3 Å². The van der Waals surface area contributed by atoms with Gasteiger partial charge >= 0.3 is 0 Å². The highest BCUT2D eigenvalue weighted by atomic mass is 15.3. The summed E-state index contributed by atoms with van der Waals surface area (Å²) in [5.41, 5.74) is 9.03. The molecule has 2 N–H and O–H groups in total. The van der Waals surface area contributed by atoms with E-state index in [9.17, 15) is 0 Å². The quantitative estimate of drug-likeness (QED) is 0.718. The molecule has 0 saturated carbocycles. The molecular weight excluding hydrogens is 250 g/mol. The number of nitriles is 1. The van der Waals surface area contributed by atoms with Gasteiger partial charge in [0.15, 0.2) is 5.82 Å². The topological polar surface area (TPSA) is 80.5 Å². The van der Waals surface area contributed by atoms with E-state index < -0.39 is 0 Å². The molecule has 0 spiro atoms. The molecule has 0 atom stereocenters. The van der Waals surface area contributed by atoms with Crippen molar-refractivity contribution in [2.24, 2.45) is 0 Å². The molecule has 96 valence electrons. The number of pyridine rings is 1. The van der Waals surface area contributed by atoms with E-state index in [0.717, 1.165) is 11.1 Å². The van der Waals surface area contributed by atoms with Gasteiger partial charge in [0.25, 0.3) is 0 Å². The Morgan fingerprint density at radius 2 is 2.05 bits per heavy atom. The molecule has 20 heavy (non-hydrogen) atoms. The number of nitrogens with two attached hydrogens (primary N) is 1. The molecule has 5 heteroatoms. The van der Waals surface area contributed by atoms with Crippen LogP contribution in [0.4, 0.5) is 5.69 Å². The summed E-state index contributed by atoms with van der Waals surface area (Å²) < 4.78 is 1.63. The largest absolute Gasteiger partial charge is 0.398 e. The fraction of sp³-hybridized carbons (Fsp3) is 0. The van der Waals surface area contributed by atoms with E-state index in [1.165, 1.54) is 0 Å². The lowest BCUT2D eigenvalue weighted by atomic mass is 10.1. The Bertz CT molecular complexity index is 798. The summed E-state index contributed by atoms with van der Waals surface area (Å²) in [4.78, 5) is 4.21. The molecule has 5 nitrogen and oxygen atoms in total. The van der Waals surface area contributed by atoms with Gasteiger partial charge in [-0.2, -0.15) is 10.4 Å².